The van der Waals surface area contributed by atoms with E-state index in [4.69, 9.17) is 5.73 Å². The van der Waals surface area contributed by atoms with Gasteiger partial charge in [0.25, 0.3) is 0 Å². The van der Waals surface area contributed by atoms with Crippen molar-refractivity contribution >= 4 is 24.8 Å². The number of rotatable bonds is 2. The number of benzene rings is 1. The molecule has 4 N–H and O–H groups in total. The van der Waals surface area contributed by atoms with Crippen LogP contribution in [0.1, 0.15) is 11.5 Å². The third-order valence-electron chi connectivity index (χ3n) is 4.36. The van der Waals surface area contributed by atoms with Crippen LogP contribution in [0.25, 0.3) is 0 Å². The number of aliphatic hydroxyl groups excluding tert-OH is 1. The van der Waals surface area contributed by atoms with Crippen LogP contribution in [-0.2, 0) is 0 Å². The highest BCUT2D eigenvalue weighted by Gasteiger charge is 2.69. The highest BCUT2D eigenvalue weighted by molar-refractivity contribution is 5.85. The van der Waals surface area contributed by atoms with Gasteiger partial charge in [-0.25, -0.2) is 0 Å². The molecule has 0 aromatic heterocycles. The highest BCUT2D eigenvalue weighted by Crippen LogP contribution is 2.67. The molecule has 18 heavy (non-hydrogen) atoms. The zero-order chi connectivity index (χ0) is 11.2. The minimum absolute atomic E-state index is 0. The summed E-state index contributed by atoms with van der Waals surface area (Å²) < 4.78 is 0. The van der Waals surface area contributed by atoms with Gasteiger partial charge in [0.15, 0.2) is 0 Å². The van der Waals surface area contributed by atoms with Gasteiger partial charge in [-0.1, -0.05) is 30.3 Å². The van der Waals surface area contributed by atoms with Gasteiger partial charge in [-0.2, -0.15) is 0 Å². The van der Waals surface area contributed by atoms with E-state index in [1.165, 1.54) is 5.56 Å². The standard InChI is InChI=1S/C13H18N2O.2ClH/c14-6-10-12(9-4-2-1-3-5-9)13(10)8-15-7-11(13)16;;/h1-5,10-12,15-16H,6-8,14H2;2*1H/t10-,11-,12-,13-;;/m1../s1. The number of hydrogen-bond acceptors (Lipinski definition) is 3. The predicted octanol–water partition coefficient (Wildman–Crippen LogP) is 1.15. The lowest BCUT2D eigenvalue weighted by molar-refractivity contribution is 0.124. The van der Waals surface area contributed by atoms with Crippen LogP contribution in [0.4, 0.5) is 0 Å². The summed E-state index contributed by atoms with van der Waals surface area (Å²) in [6.45, 7) is 2.27. The van der Waals surface area contributed by atoms with E-state index in [1.807, 2.05) is 6.07 Å². The molecule has 2 aliphatic rings. The maximum atomic E-state index is 10.1. The zero-order valence-electron chi connectivity index (χ0n) is 10.1. The molecule has 1 heterocycles. The lowest BCUT2D eigenvalue weighted by atomic mass is 9.95. The largest absolute Gasteiger partial charge is 0.391 e. The molecule has 0 bridgehead atoms. The Morgan fingerprint density at radius 1 is 1.28 bits per heavy atom. The molecule has 1 aromatic carbocycles. The molecule has 1 aliphatic carbocycles. The maximum absolute atomic E-state index is 10.1. The van der Waals surface area contributed by atoms with Crippen molar-refractivity contribution in [2.75, 3.05) is 19.6 Å². The average Bonchev–Trinajstić information content (AvgIpc) is 2.84. The van der Waals surface area contributed by atoms with Crippen molar-refractivity contribution < 1.29 is 5.11 Å². The van der Waals surface area contributed by atoms with E-state index in [2.05, 4.69) is 29.6 Å². The Labute approximate surface area is 120 Å². The molecule has 1 saturated carbocycles. The van der Waals surface area contributed by atoms with Crippen molar-refractivity contribution in [3.8, 4) is 0 Å². The first-order valence-electron chi connectivity index (χ1n) is 5.94. The third-order valence-corrected chi connectivity index (χ3v) is 4.36. The Hall–Kier alpha value is -0.320. The monoisotopic (exact) mass is 290 g/mol. The van der Waals surface area contributed by atoms with Gasteiger partial charge in [0.1, 0.15) is 0 Å². The first-order chi connectivity index (χ1) is 7.80. The molecule has 3 rings (SSSR count). The lowest BCUT2D eigenvalue weighted by Crippen LogP contribution is -2.24. The fourth-order valence-electron chi connectivity index (χ4n) is 3.53. The summed E-state index contributed by atoms with van der Waals surface area (Å²) in [6, 6.07) is 10.4. The van der Waals surface area contributed by atoms with Crippen LogP contribution in [0, 0.1) is 11.3 Å². The topological polar surface area (TPSA) is 58.3 Å². The van der Waals surface area contributed by atoms with Crippen LogP contribution < -0.4 is 11.1 Å². The normalized spacial score (nSPS) is 36.9. The van der Waals surface area contributed by atoms with Gasteiger partial charge in [-0.3, -0.25) is 0 Å². The number of halogens is 2. The van der Waals surface area contributed by atoms with Crippen molar-refractivity contribution in [3.63, 3.8) is 0 Å². The molecular weight excluding hydrogens is 271 g/mol. The molecule has 2 fully saturated rings. The molecule has 1 aliphatic heterocycles. The Morgan fingerprint density at radius 3 is 2.44 bits per heavy atom. The second-order valence-corrected chi connectivity index (χ2v) is 4.99. The zero-order valence-corrected chi connectivity index (χ0v) is 11.7. The molecule has 5 heteroatoms. The summed E-state index contributed by atoms with van der Waals surface area (Å²) >= 11 is 0. The quantitative estimate of drug-likeness (QED) is 0.766. The molecule has 0 amide bonds. The number of aliphatic hydroxyl groups is 1. The average molecular weight is 291 g/mol. The summed E-state index contributed by atoms with van der Waals surface area (Å²) in [7, 11) is 0. The van der Waals surface area contributed by atoms with Crippen molar-refractivity contribution in [1.82, 2.24) is 5.32 Å². The van der Waals surface area contributed by atoms with Gasteiger partial charge in [0.2, 0.25) is 0 Å². The number of nitrogens with two attached hydrogens (primary N) is 1. The fraction of sp³-hybridized carbons (Fsp3) is 0.538. The number of hydrogen-bond donors (Lipinski definition) is 3. The molecule has 102 valence electrons. The van der Waals surface area contributed by atoms with Crippen molar-refractivity contribution in [1.29, 1.82) is 0 Å². The molecule has 1 spiro atoms. The van der Waals surface area contributed by atoms with Gasteiger partial charge >= 0.3 is 0 Å². The van der Waals surface area contributed by atoms with E-state index in [0.29, 0.717) is 24.9 Å². The summed E-state index contributed by atoms with van der Waals surface area (Å²) in [5.74, 6) is 0.864. The van der Waals surface area contributed by atoms with E-state index in [-0.39, 0.29) is 36.3 Å². The van der Waals surface area contributed by atoms with E-state index >= 15 is 0 Å². The predicted molar refractivity (Wildman–Crippen MR) is 77.5 cm³/mol. The van der Waals surface area contributed by atoms with Crippen LogP contribution in [0.15, 0.2) is 30.3 Å². The van der Waals surface area contributed by atoms with Crippen molar-refractivity contribution in [2.45, 2.75) is 12.0 Å². The number of nitrogens with one attached hydrogen (secondary N) is 1. The van der Waals surface area contributed by atoms with Gasteiger partial charge < -0.3 is 16.2 Å². The maximum Gasteiger partial charge on any atom is 0.0742 e. The Bertz CT molecular complexity index is 390. The van der Waals surface area contributed by atoms with Crippen LogP contribution >= 0.6 is 24.8 Å². The van der Waals surface area contributed by atoms with Gasteiger partial charge in [0, 0.05) is 18.5 Å². The minimum atomic E-state index is -0.244. The SMILES string of the molecule is Cl.Cl.NC[C@@H]1[C@@H](c2ccccc2)[C@]12CNC[C@H]2O. The van der Waals surface area contributed by atoms with Gasteiger partial charge in [0.05, 0.1) is 6.10 Å². The van der Waals surface area contributed by atoms with Crippen LogP contribution in [0.3, 0.4) is 0 Å². The van der Waals surface area contributed by atoms with E-state index in [1.54, 1.807) is 0 Å². The first kappa shape index (κ1) is 15.7. The second kappa shape index (κ2) is 5.76. The van der Waals surface area contributed by atoms with E-state index in [0.717, 1.165) is 6.54 Å². The summed E-state index contributed by atoms with van der Waals surface area (Å²) in [5, 5.41) is 13.4. The van der Waals surface area contributed by atoms with Crippen LogP contribution in [0.2, 0.25) is 0 Å². The minimum Gasteiger partial charge on any atom is -0.391 e. The van der Waals surface area contributed by atoms with Gasteiger partial charge in [-0.15, -0.1) is 24.8 Å². The molecule has 3 nitrogen and oxygen atoms in total. The Morgan fingerprint density at radius 2 is 1.94 bits per heavy atom. The first-order valence-corrected chi connectivity index (χ1v) is 5.94. The summed E-state index contributed by atoms with van der Waals surface area (Å²) in [4.78, 5) is 0. The molecule has 4 atom stereocenters. The lowest BCUT2D eigenvalue weighted by Gasteiger charge is -2.14. The van der Waals surface area contributed by atoms with E-state index < -0.39 is 0 Å². The molecular formula is C13H20Cl2N2O. The van der Waals surface area contributed by atoms with Crippen LogP contribution in [-0.4, -0.2) is 30.8 Å². The van der Waals surface area contributed by atoms with Crippen LogP contribution in [0.5, 0.6) is 0 Å². The van der Waals surface area contributed by atoms with E-state index in [9.17, 15) is 5.11 Å². The molecule has 0 unspecified atom stereocenters. The molecule has 1 aromatic rings. The smallest absolute Gasteiger partial charge is 0.0742 e. The highest BCUT2D eigenvalue weighted by atomic mass is 35.5. The number of β-amino-alcohol motifs (C(OH)–C–C–N with tert-alkyl or cyclic N) is 1. The summed E-state index contributed by atoms with van der Waals surface area (Å²) in [6.07, 6.45) is -0.244. The molecule has 0 radical (unpaired) electrons. The second-order valence-electron chi connectivity index (χ2n) is 4.99. The van der Waals surface area contributed by atoms with Gasteiger partial charge in [-0.05, 0) is 23.9 Å². The molecule has 1 saturated heterocycles. The van der Waals surface area contributed by atoms with Crippen molar-refractivity contribution in [2.24, 2.45) is 17.1 Å². The Balaban J connectivity index is 0.000000810. The Kier molecular flexibility index (Phi) is 5.04. The summed E-state index contributed by atoms with van der Waals surface area (Å²) in [5.41, 5.74) is 7.17. The third kappa shape index (κ3) is 2.04. The van der Waals surface area contributed by atoms with Crippen molar-refractivity contribution in [3.05, 3.63) is 35.9 Å². The fourth-order valence-corrected chi connectivity index (χ4v) is 3.53.